The molecular weight excluding hydrogens is 491 g/mol. The van der Waals surface area contributed by atoms with Gasteiger partial charge in [-0.1, -0.05) is 41.1 Å². The molecule has 2 amide bonds. The molecule has 180 valence electrons. The van der Waals surface area contributed by atoms with Gasteiger partial charge < -0.3 is 10.2 Å². The minimum Gasteiger partial charge on any atom is -0.322 e. The topological polar surface area (TPSA) is 82.8 Å². The Hall–Kier alpha value is -3.34. The van der Waals surface area contributed by atoms with E-state index in [9.17, 15) is 14.0 Å². The van der Waals surface area contributed by atoms with Gasteiger partial charge >= 0.3 is 6.03 Å². The van der Waals surface area contributed by atoms with Crippen LogP contribution in [-0.4, -0.2) is 56.6 Å². The van der Waals surface area contributed by atoms with Gasteiger partial charge in [-0.05, 0) is 36.8 Å². The summed E-state index contributed by atoms with van der Waals surface area (Å²) in [6, 6.07) is 12.8. The smallest absolute Gasteiger partial charge is 0.321 e. The second-order valence-electron chi connectivity index (χ2n) is 8.35. The molecule has 0 radical (unpaired) electrons. The fraction of sp³-hybridized carbons (Fsp3) is 0.250. The molecular formula is C24H22ClFN6O2S. The van der Waals surface area contributed by atoms with Crippen LogP contribution in [0.2, 0.25) is 5.02 Å². The van der Waals surface area contributed by atoms with Gasteiger partial charge in [0.2, 0.25) is 4.96 Å². The summed E-state index contributed by atoms with van der Waals surface area (Å²) in [6.45, 7) is 4.82. The standard InChI is InChI=1S/C24H22ClFN6O2S/c1-15-5-6-17(25)12-20(15)28-23(34)31-9-7-30(8-10-31)14-19-13-21(33)32-24(27-19)35-22(29-32)16-3-2-4-18(26)11-16/h2-6,11-13H,7-10,14H2,1H3,(H,28,34). The van der Waals surface area contributed by atoms with Gasteiger partial charge in [-0.3, -0.25) is 9.69 Å². The van der Waals surface area contributed by atoms with Gasteiger partial charge in [0.1, 0.15) is 10.8 Å². The van der Waals surface area contributed by atoms with E-state index in [1.165, 1.54) is 34.1 Å². The van der Waals surface area contributed by atoms with Gasteiger partial charge in [-0.15, -0.1) is 0 Å². The summed E-state index contributed by atoms with van der Waals surface area (Å²) < 4.78 is 14.8. The van der Waals surface area contributed by atoms with Crippen LogP contribution in [0.25, 0.3) is 15.5 Å². The molecule has 11 heteroatoms. The molecule has 0 unspecified atom stereocenters. The van der Waals surface area contributed by atoms with Crippen LogP contribution in [0.1, 0.15) is 11.3 Å². The van der Waals surface area contributed by atoms with E-state index in [-0.39, 0.29) is 17.4 Å². The molecule has 2 aromatic carbocycles. The van der Waals surface area contributed by atoms with Crippen LogP contribution in [0.5, 0.6) is 0 Å². The van der Waals surface area contributed by atoms with Crippen LogP contribution in [-0.2, 0) is 6.54 Å². The Labute approximate surface area is 209 Å². The third kappa shape index (κ3) is 5.19. The molecule has 1 saturated heterocycles. The molecule has 8 nitrogen and oxygen atoms in total. The number of rotatable bonds is 4. The minimum atomic E-state index is -0.363. The highest BCUT2D eigenvalue weighted by atomic mass is 35.5. The Morgan fingerprint density at radius 1 is 1.14 bits per heavy atom. The molecule has 0 saturated carbocycles. The molecule has 1 N–H and O–H groups in total. The fourth-order valence-corrected chi connectivity index (χ4v) is 5.03. The Kier molecular flexibility index (Phi) is 6.50. The number of nitrogens with one attached hydrogen (secondary N) is 1. The molecule has 0 aliphatic carbocycles. The molecule has 1 aliphatic heterocycles. The Balaban J connectivity index is 1.24. The first-order chi connectivity index (χ1) is 16.9. The molecule has 0 bridgehead atoms. The number of halogens is 2. The number of anilines is 1. The van der Waals surface area contributed by atoms with E-state index in [4.69, 9.17) is 11.6 Å². The van der Waals surface area contributed by atoms with Gasteiger partial charge in [0, 0.05) is 55.1 Å². The van der Waals surface area contributed by atoms with Crippen LogP contribution < -0.4 is 10.9 Å². The quantitative estimate of drug-likeness (QED) is 0.441. The molecule has 0 atom stereocenters. The van der Waals surface area contributed by atoms with Crippen molar-refractivity contribution in [3.63, 3.8) is 0 Å². The van der Waals surface area contributed by atoms with Crippen molar-refractivity contribution < 1.29 is 9.18 Å². The molecule has 4 aromatic rings. The Bertz CT molecular complexity index is 1460. The first-order valence-electron chi connectivity index (χ1n) is 11.1. The van der Waals surface area contributed by atoms with E-state index >= 15 is 0 Å². The van der Waals surface area contributed by atoms with Crippen LogP contribution >= 0.6 is 22.9 Å². The Morgan fingerprint density at radius 2 is 1.94 bits per heavy atom. The average molecular weight is 513 g/mol. The number of fused-ring (bicyclic) bond motifs is 1. The number of benzene rings is 2. The maximum Gasteiger partial charge on any atom is 0.321 e. The summed E-state index contributed by atoms with van der Waals surface area (Å²) in [5.41, 5.74) is 2.60. The zero-order valence-corrected chi connectivity index (χ0v) is 20.4. The largest absolute Gasteiger partial charge is 0.322 e. The fourth-order valence-electron chi connectivity index (χ4n) is 3.94. The molecule has 5 rings (SSSR count). The maximum absolute atomic E-state index is 13.6. The summed E-state index contributed by atoms with van der Waals surface area (Å²) >= 11 is 7.29. The predicted octanol–water partition coefficient (Wildman–Crippen LogP) is 4.27. The van der Waals surface area contributed by atoms with Crippen LogP contribution in [0.3, 0.4) is 0 Å². The van der Waals surface area contributed by atoms with Crippen molar-refractivity contribution in [2.75, 3.05) is 31.5 Å². The van der Waals surface area contributed by atoms with E-state index in [2.05, 4.69) is 20.3 Å². The number of hydrogen-bond acceptors (Lipinski definition) is 6. The van der Waals surface area contributed by atoms with Crippen molar-refractivity contribution >= 4 is 39.6 Å². The van der Waals surface area contributed by atoms with Crippen LogP contribution in [0, 0.1) is 12.7 Å². The van der Waals surface area contributed by atoms with E-state index in [0.29, 0.717) is 64.7 Å². The van der Waals surface area contributed by atoms with E-state index < -0.39 is 0 Å². The Morgan fingerprint density at radius 3 is 2.71 bits per heavy atom. The number of aromatic nitrogens is 3. The van der Waals surface area contributed by atoms with Crippen molar-refractivity contribution in [3.8, 4) is 10.6 Å². The zero-order valence-electron chi connectivity index (χ0n) is 18.9. The highest BCUT2D eigenvalue weighted by molar-refractivity contribution is 7.19. The molecule has 1 aliphatic rings. The zero-order chi connectivity index (χ0) is 24.5. The highest BCUT2D eigenvalue weighted by Gasteiger charge is 2.22. The van der Waals surface area contributed by atoms with E-state index in [1.54, 1.807) is 29.2 Å². The lowest BCUT2D eigenvalue weighted by Crippen LogP contribution is -2.49. The molecule has 3 heterocycles. The van der Waals surface area contributed by atoms with Crippen molar-refractivity contribution in [3.05, 3.63) is 81.0 Å². The number of urea groups is 1. The predicted molar refractivity (Wildman–Crippen MR) is 135 cm³/mol. The van der Waals surface area contributed by atoms with Crippen LogP contribution in [0.15, 0.2) is 53.3 Å². The van der Waals surface area contributed by atoms with Crippen molar-refractivity contribution in [2.24, 2.45) is 0 Å². The molecule has 0 spiro atoms. The lowest BCUT2D eigenvalue weighted by atomic mass is 10.2. The first kappa shape index (κ1) is 23.4. The van der Waals surface area contributed by atoms with Gasteiger partial charge in [0.15, 0.2) is 0 Å². The number of piperazine rings is 1. The average Bonchev–Trinajstić information content (AvgIpc) is 3.27. The second kappa shape index (κ2) is 9.73. The van der Waals surface area contributed by atoms with Gasteiger partial charge in [-0.25, -0.2) is 14.2 Å². The van der Waals surface area contributed by atoms with Gasteiger partial charge in [0.25, 0.3) is 5.56 Å². The summed E-state index contributed by atoms with van der Waals surface area (Å²) in [5, 5.41) is 8.34. The number of hydrogen-bond donors (Lipinski definition) is 1. The van der Waals surface area contributed by atoms with Crippen molar-refractivity contribution in [1.82, 2.24) is 24.4 Å². The highest BCUT2D eigenvalue weighted by Crippen LogP contribution is 2.25. The number of aryl methyl sites for hydroxylation is 1. The molecule has 35 heavy (non-hydrogen) atoms. The number of carbonyl (C=O) groups excluding carboxylic acids is 1. The number of nitrogens with zero attached hydrogens (tertiary/aromatic N) is 5. The van der Waals surface area contributed by atoms with E-state index in [0.717, 1.165) is 5.56 Å². The minimum absolute atomic E-state index is 0.164. The molecule has 2 aromatic heterocycles. The third-order valence-corrected chi connectivity index (χ3v) is 7.05. The maximum atomic E-state index is 13.6. The van der Waals surface area contributed by atoms with Crippen molar-refractivity contribution in [1.29, 1.82) is 0 Å². The SMILES string of the molecule is Cc1ccc(Cl)cc1NC(=O)N1CCN(Cc2cc(=O)n3nc(-c4cccc(F)c4)sc3n2)CC1. The number of carbonyl (C=O) groups is 1. The third-order valence-electron chi connectivity index (χ3n) is 5.86. The first-order valence-corrected chi connectivity index (χ1v) is 12.3. The van der Waals surface area contributed by atoms with Gasteiger partial charge in [0.05, 0.1) is 5.69 Å². The second-order valence-corrected chi connectivity index (χ2v) is 9.74. The number of amides is 2. The summed E-state index contributed by atoms with van der Waals surface area (Å²) in [7, 11) is 0. The van der Waals surface area contributed by atoms with Crippen molar-refractivity contribution in [2.45, 2.75) is 13.5 Å². The summed E-state index contributed by atoms with van der Waals surface area (Å²) in [5.74, 6) is -0.363. The van der Waals surface area contributed by atoms with E-state index in [1.807, 2.05) is 13.0 Å². The summed E-state index contributed by atoms with van der Waals surface area (Å²) in [6.07, 6.45) is 0. The van der Waals surface area contributed by atoms with Gasteiger partial charge in [-0.2, -0.15) is 9.61 Å². The normalized spacial score (nSPS) is 14.4. The monoisotopic (exact) mass is 512 g/mol. The molecule has 1 fully saturated rings. The summed E-state index contributed by atoms with van der Waals surface area (Å²) in [4.78, 5) is 34.3. The lowest BCUT2D eigenvalue weighted by molar-refractivity contribution is 0.142. The van der Waals surface area contributed by atoms with Crippen LogP contribution in [0.4, 0.5) is 14.9 Å². The lowest BCUT2D eigenvalue weighted by Gasteiger charge is -2.34.